The highest BCUT2D eigenvalue weighted by molar-refractivity contribution is 6.18. The van der Waals surface area contributed by atoms with E-state index in [0.29, 0.717) is 53.6 Å². The number of fused-ring (bicyclic) bond motifs is 5. The number of alkyl halides is 2. The highest BCUT2D eigenvalue weighted by Gasteiger charge is 2.54. The summed E-state index contributed by atoms with van der Waals surface area (Å²) in [5, 5.41) is 0. The van der Waals surface area contributed by atoms with Crippen molar-refractivity contribution in [2.24, 2.45) is 29.1 Å². The Kier molecular flexibility index (Phi) is 8.29. The van der Waals surface area contributed by atoms with E-state index in [9.17, 15) is 4.79 Å². The number of halogens is 2. The molecule has 0 spiro atoms. The van der Waals surface area contributed by atoms with Crippen LogP contribution in [-0.2, 0) is 9.47 Å². The van der Waals surface area contributed by atoms with Crippen molar-refractivity contribution in [2.75, 3.05) is 36.9 Å². The van der Waals surface area contributed by atoms with Gasteiger partial charge in [0.1, 0.15) is 5.76 Å². The molecular formula is C31H41Cl2NO3. The van der Waals surface area contributed by atoms with Gasteiger partial charge in [0.15, 0.2) is 0 Å². The number of carbonyl (C=O) groups is 1. The molecule has 4 nitrogen and oxygen atoms in total. The molecule has 0 radical (unpaired) electrons. The minimum Gasteiger partial charge on any atom is -0.427 e. The number of rotatable bonds is 8. The van der Waals surface area contributed by atoms with Crippen molar-refractivity contribution >= 4 is 34.9 Å². The summed E-state index contributed by atoms with van der Waals surface area (Å²) in [6.07, 6.45) is 13.2. The van der Waals surface area contributed by atoms with Crippen LogP contribution in [0.4, 0.5) is 5.69 Å². The van der Waals surface area contributed by atoms with E-state index in [0.717, 1.165) is 35.8 Å². The normalized spacial score (nSPS) is 32.5. The molecule has 0 aliphatic heterocycles. The van der Waals surface area contributed by atoms with Gasteiger partial charge in [-0.1, -0.05) is 25.5 Å². The minimum atomic E-state index is -0.306. The van der Waals surface area contributed by atoms with Crippen LogP contribution in [0.2, 0.25) is 0 Å². The lowest BCUT2D eigenvalue weighted by Gasteiger charge is -2.53. The molecule has 202 valence electrons. The van der Waals surface area contributed by atoms with Crippen molar-refractivity contribution in [3.63, 3.8) is 0 Å². The van der Waals surface area contributed by atoms with Gasteiger partial charge in [-0.3, -0.25) is 0 Å². The molecule has 0 heterocycles. The predicted molar refractivity (Wildman–Crippen MR) is 152 cm³/mol. The topological polar surface area (TPSA) is 38.8 Å². The number of nitrogens with zero attached hydrogens (tertiary/aromatic N) is 1. The number of hydrogen-bond acceptors (Lipinski definition) is 4. The number of carbonyl (C=O) groups excluding carboxylic acids is 1. The van der Waals surface area contributed by atoms with Crippen molar-refractivity contribution in [3.8, 4) is 0 Å². The SMILES string of the molecule is CO[C@H]1C=C2C=C(OC(=O)c3ccc(C)c(N(CCCl)CCCl)c3)CC[C@@H]2[C@H]2CC[C@]3(C)CCC[C@H]3[C@@H]21. The minimum absolute atomic E-state index is 0.153. The fourth-order valence-electron chi connectivity index (χ4n) is 8.04. The van der Waals surface area contributed by atoms with E-state index in [1.165, 1.54) is 37.7 Å². The van der Waals surface area contributed by atoms with Crippen LogP contribution in [-0.4, -0.2) is 44.0 Å². The third kappa shape index (κ3) is 5.23. The maximum atomic E-state index is 13.2. The van der Waals surface area contributed by atoms with Crippen LogP contribution < -0.4 is 4.90 Å². The summed E-state index contributed by atoms with van der Waals surface area (Å²) in [6.45, 7) is 5.92. The summed E-state index contributed by atoms with van der Waals surface area (Å²) in [6, 6.07) is 5.73. The Labute approximate surface area is 232 Å². The molecule has 2 fully saturated rings. The summed E-state index contributed by atoms with van der Waals surface area (Å²) in [7, 11) is 1.86. The molecule has 0 bridgehead atoms. The lowest BCUT2D eigenvalue weighted by molar-refractivity contribution is -0.0619. The number of benzene rings is 1. The van der Waals surface area contributed by atoms with E-state index in [1.807, 2.05) is 32.2 Å². The molecule has 37 heavy (non-hydrogen) atoms. The van der Waals surface area contributed by atoms with Crippen LogP contribution in [0, 0.1) is 36.0 Å². The van der Waals surface area contributed by atoms with E-state index >= 15 is 0 Å². The number of anilines is 1. The molecule has 0 amide bonds. The van der Waals surface area contributed by atoms with Crippen LogP contribution in [0.25, 0.3) is 0 Å². The first-order chi connectivity index (χ1) is 17.9. The van der Waals surface area contributed by atoms with Crippen molar-refractivity contribution < 1.29 is 14.3 Å². The smallest absolute Gasteiger partial charge is 0.343 e. The fraction of sp³-hybridized carbons (Fsp3) is 0.645. The highest BCUT2D eigenvalue weighted by Crippen LogP contribution is 2.61. The van der Waals surface area contributed by atoms with Gasteiger partial charge >= 0.3 is 5.97 Å². The van der Waals surface area contributed by atoms with Gasteiger partial charge < -0.3 is 14.4 Å². The van der Waals surface area contributed by atoms with Crippen LogP contribution in [0.15, 0.2) is 41.7 Å². The number of allylic oxidation sites excluding steroid dienone is 3. The third-order valence-corrected chi connectivity index (χ3v) is 10.2. The molecule has 0 unspecified atom stereocenters. The van der Waals surface area contributed by atoms with Gasteiger partial charge in [-0.15, -0.1) is 23.2 Å². The van der Waals surface area contributed by atoms with E-state index in [1.54, 1.807) is 0 Å². The van der Waals surface area contributed by atoms with Gasteiger partial charge in [-0.05, 0) is 97.5 Å². The lowest BCUT2D eigenvalue weighted by atomic mass is 9.53. The zero-order chi connectivity index (χ0) is 26.2. The number of aryl methyl sites for hydroxylation is 1. The summed E-state index contributed by atoms with van der Waals surface area (Å²) in [4.78, 5) is 15.3. The van der Waals surface area contributed by atoms with Gasteiger partial charge in [0.25, 0.3) is 0 Å². The summed E-state index contributed by atoms with van der Waals surface area (Å²) in [5.74, 6) is 4.07. The third-order valence-electron chi connectivity index (χ3n) is 9.87. The summed E-state index contributed by atoms with van der Waals surface area (Å²) in [5.41, 5.74) is 4.42. The quantitative estimate of drug-likeness (QED) is 0.250. The Morgan fingerprint density at radius 2 is 1.92 bits per heavy atom. The second-order valence-corrected chi connectivity index (χ2v) is 12.6. The van der Waals surface area contributed by atoms with E-state index in [-0.39, 0.29) is 12.1 Å². The number of ether oxygens (including phenoxy) is 2. The van der Waals surface area contributed by atoms with Gasteiger partial charge in [0, 0.05) is 44.1 Å². The Morgan fingerprint density at radius 1 is 1.14 bits per heavy atom. The second-order valence-electron chi connectivity index (χ2n) is 11.8. The highest BCUT2D eigenvalue weighted by atomic mass is 35.5. The molecule has 5 rings (SSSR count). The molecule has 1 aromatic rings. The number of hydrogen-bond donors (Lipinski definition) is 0. The van der Waals surface area contributed by atoms with Crippen molar-refractivity contribution in [1.82, 2.24) is 0 Å². The molecule has 1 aromatic carbocycles. The van der Waals surface area contributed by atoms with Gasteiger partial charge in [-0.25, -0.2) is 4.79 Å². The van der Waals surface area contributed by atoms with E-state index in [4.69, 9.17) is 32.7 Å². The predicted octanol–water partition coefficient (Wildman–Crippen LogP) is 7.52. The average molecular weight is 547 g/mol. The first kappa shape index (κ1) is 27.1. The van der Waals surface area contributed by atoms with Crippen molar-refractivity contribution in [1.29, 1.82) is 0 Å². The van der Waals surface area contributed by atoms with Gasteiger partial charge in [-0.2, -0.15) is 0 Å². The maximum absolute atomic E-state index is 13.2. The van der Waals surface area contributed by atoms with Gasteiger partial charge in [0.05, 0.1) is 11.7 Å². The van der Waals surface area contributed by atoms with Crippen LogP contribution in [0.3, 0.4) is 0 Å². The zero-order valence-corrected chi connectivity index (χ0v) is 24.0. The molecule has 0 saturated heterocycles. The Morgan fingerprint density at radius 3 is 2.65 bits per heavy atom. The molecule has 0 N–H and O–H groups in total. The van der Waals surface area contributed by atoms with Crippen LogP contribution in [0.1, 0.15) is 67.8 Å². The first-order valence-corrected chi connectivity index (χ1v) is 15.1. The Hall–Kier alpha value is -1.49. The monoisotopic (exact) mass is 545 g/mol. The first-order valence-electron chi connectivity index (χ1n) is 14.0. The standard InChI is InChI=1S/C31H41Cl2NO3/c1-20-6-7-21(18-27(20)34(15-13-32)16-14-33)30(35)37-23-8-9-24-22(17-23)19-28(36-3)29-25(24)10-12-31(2)11-4-5-26(29)31/h6-7,17-19,24-26,28-29H,4-5,8-16H2,1-3H3/t24-,25+,26-,28-,29+,31-/m0/s1. The maximum Gasteiger partial charge on any atom is 0.343 e. The summed E-state index contributed by atoms with van der Waals surface area (Å²) < 4.78 is 12.1. The van der Waals surface area contributed by atoms with E-state index < -0.39 is 0 Å². The molecule has 4 aliphatic rings. The molecule has 2 saturated carbocycles. The molecular weight excluding hydrogens is 505 g/mol. The number of methoxy groups -OCH3 is 1. The Bertz CT molecular complexity index is 1060. The Balaban J connectivity index is 1.35. The largest absolute Gasteiger partial charge is 0.427 e. The molecule has 0 aromatic heterocycles. The zero-order valence-electron chi connectivity index (χ0n) is 22.5. The summed E-state index contributed by atoms with van der Waals surface area (Å²) >= 11 is 12.0. The number of esters is 1. The lowest BCUT2D eigenvalue weighted by Crippen LogP contribution is -2.49. The molecule has 6 heteroatoms. The van der Waals surface area contributed by atoms with Gasteiger partial charge in [0.2, 0.25) is 0 Å². The molecule has 4 aliphatic carbocycles. The van der Waals surface area contributed by atoms with E-state index in [2.05, 4.69) is 24.0 Å². The molecule has 6 atom stereocenters. The second kappa shape index (κ2) is 11.3. The van der Waals surface area contributed by atoms with Crippen molar-refractivity contribution in [2.45, 2.75) is 64.9 Å². The van der Waals surface area contributed by atoms with Crippen LogP contribution >= 0.6 is 23.2 Å². The fourth-order valence-corrected chi connectivity index (χ4v) is 8.45. The average Bonchev–Trinajstić information content (AvgIpc) is 3.29. The van der Waals surface area contributed by atoms with Crippen LogP contribution in [0.5, 0.6) is 0 Å². The van der Waals surface area contributed by atoms with Crippen molar-refractivity contribution in [3.05, 3.63) is 52.8 Å².